The van der Waals surface area contributed by atoms with Crippen molar-refractivity contribution in [3.8, 4) is 0 Å². The molecule has 3 heterocycles. The van der Waals surface area contributed by atoms with Crippen LogP contribution in [-0.4, -0.2) is 61.0 Å². The van der Waals surface area contributed by atoms with Gasteiger partial charge in [0, 0.05) is 19.6 Å². The molecule has 3 aliphatic heterocycles. The van der Waals surface area contributed by atoms with Crippen LogP contribution in [0.2, 0.25) is 0 Å². The first-order chi connectivity index (χ1) is 13.2. The Kier molecular flexibility index (Phi) is 9.27. The smallest absolute Gasteiger partial charge is 0.239 e. The van der Waals surface area contributed by atoms with Gasteiger partial charge >= 0.3 is 0 Å². The Labute approximate surface area is 188 Å². The summed E-state index contributed by atoms with van der Waals surface area (Å²) < 4.78 is 0. The van der Waals surface area contributed by atoms with Gasteiger partial charge in [-0.1, -0.05) is 30.3 Å². The maximum absolute atomic E-state index is 13.0. The molecule has 1 aromatic rings. The molecule has 4 nitrogen and oxygen atoms in total. The van der Waals surface area contributed by atoms with Gasteiger partial charge in [-0.2, -0.15) is 0 Å². The Morgan fingerprint density at radius 1 is 1.07 bits per heavy atom. The van der Waals surface area contributed by atoms with Gasteiger partial charge in [-0.05, 0) is 82.0 Å². The van der Waals surface area contributed by atoms with E-state index in [0.29, 0.717) is 11.3 Å². The maximum atomic E-state index is 13.0. The van der Waals surface area contributed by atoms with Gasteiger partial charge < -0.3 is 10.2 Å². The van der Waals surface area contributed by atoms with E-state index in [-0.39, 0.29) is 30.9 Å². The zero-order valence-electron chi connectivity index (χ0n) is 17.6. The van der Waals surface area contributed by atoms with Crippen LogP contribution in [0.3, 0.4) is 0 Å². The highest BCUT2D eigenvalue weighted by Gasteiger charge is 2.39. The van der Waals surface area contributed by atoms with E-state index in [2.05, 4.69) is 52.4 Å². The van der Waals surface area contributed by atoms with Crippen LogP contribution in [0.25, 0.3) is 0 Å². The van der Waals surface area contributed by atoms with Crippen LogP contribution in [0.4, 0.5) is 0 Å². The summed E-state index contributed by atoms with van der Waals surface area (Å²) in [5.74, 6) is 1.12. The number of hydrogen-bond donors (Lipinski definition) is 1. The number of halogens is 2. The fraction of sp³-hybridized carbons (Fsp3) is 0.696. The quantitative estimate of drug-likeness (QED) is 0.771. The third-order valence-electron chi connectivity index (χ3n) is 7.39. The van der Waals surface area contributed by atoms with Crippen molar-refractivity contribution >= 4 is 30.7 Å². The van der Waals surface area contributed by atoms with Gasteiger partial charge in [-0.25, -0.2) is 0 Å². The molecule has 0 aromatic heterocycles. The van der Waals surface area contributed by atoms with Gasteiger partial charge in [0.25, 0.3) is 0 Å². The maximum Gasteiger partial charge on any atom is 0.239 e. The van der Waals surface area contributed by atoms with Crippen LogP contribution in [0, 0.1) is 11.3 Å². The van der Waals surface area contributed by atoms with E-state index >= 15 is 0 Å². The summed E-state index contributed by atoms with van der Waals surface area (Å²) in [6.45, 7) is 8.46. The number of amides is 1. The normalized spacial score (nSPS) is 23.3. The first-order valence-electron chi connectivity index (χ1n) is 10.9. The molecule has 164 valence electrons. The van der Waals surface area contributed by atoms with Gasteiger partial charge in [-0.15, -0.1) is 24.8 Å². The van der Waals surface area contributed by atoms with Crippen LogP contribution in [-0.2, 0) is 11.2 Å². The predicted octanol–water partition coefficient (Wildman–Crippen LogP) is 3.78. The molecule has 0 radical (unpaired) electrons. The summed E-state index contributed by atoms with van der Waals surface area (Å²) in [4.78, 5) is 17.6. The summed E-state index contributed by atoms with van der Waals surface area (Å²) in [7, 11) is 0. The van der Waals surface area contributed by atoms with Crippen molar-refractivity contribution in [3.05, 3.63) is 35.9 Å². The summed E-state index contributed by atoms with van der Waals surface area (Å²) >= 11 is 0. The molecule has 4 rings (SSSR count). The summed E-state index contributed by atoms with van der Waals surface area (Å²) in [6, 6.07) is 10.9. The van der Waals surface area contributed by atoms with Crippen molar-refractivity contribution < 1.29 is 4.79 Å². The SMILES string of the molecule is CC(C(=O)N1CCC2(CCNC2)CC1)N1CCC(Cc2ccccc2)CC1.Cl.Cl. The number of rotatable bonds is 4. The standard InChI is InChI=1S/C23H35N3O.2ClH/c1-19(22(27)26-15-10-23(11-16-26)9-12-24-18-23)25-13-7-21(8-14-25)17-20-5-3-2-4-6-20;;/h2-6,19,21,24H,7-18H2,1H3;2*1H. The van der Waals surface area contributed by atoms with Crippen LogP contribution < -0.4 is 5.32 Å². The van der Waals surface area contributed by atoms with Gasteiger partial charge in [0.2, 0.25) is 5.91 Å². The minimum absolute atomic E-state index is 0. The van der Waals surface area contributed by atoms with Crippen LogP contribution in [0.15, 0.2) is 30.3 Å². The Bertz CT molecular complexity index is 618. The number of nitrogens with zero attached hydrogens (tertiary/aromatic N) is 2. The third-order valence-corrected chi connectivity index (χ3v) is 7.39. The lowest BCUT2D eigenvalue weighted by atomic mass is 9.77. The third kappa shape index (κ3) is 5.88. The number of piperidine rings is 2. The molecule has 6 heteroatoms. The molecule has 0 aliphatic carbocycles. The second-order valence-corrected chi connectivity index (χ2v) is 9.10. The minimum Gasteiger partial charge on any atom is -0.341 e. The van der Waals surface area contributed by atoms with E-state index < -0.39 is 0 Å². The van der Waals surface area contributed by atoms with E-state index in [1.165, 1.54) is 44.1 Å². The lowest BCUT2D eigenvalue weighted by Gasteiger charge is -2.42. The average molecular weight is 442 g/mol. The lowest BCUT2D eigenvalue weighted by Crippen LogP contribution is -2.53. The van der Waals surface area contributed by atoms with Gasteiger partial charge in [0.1, 0.15) is 0 Å². The molecule has 1 amide bonds. The molecular weight excluding hydrogens is 405 g/mol. The molecule has 3 aliphatic rings. The molecule has 1 unspecified atom stereocenters. The highest BCUT2D eigenvalue weighted by molar-refractivity contribution is 5.85. The highest BCUT2D eigenvalue weighted by atomic mass is 35.5. The summed E-state index contributed by atoms with van der Waals surface area (Å²) in [6.07, 6.45) is 7.25. The van der Waals surface area contributed by atoms with E-state index in [1.807, 2.05) is 0 Å². The molecule has 0 saturated carbocycles. The van der Waals surface area contributed by atoms with Gasteiger partial charge in [-0.3, -0.25) is 9.69 Å². The van der Waals surface area contributed by atoms with E-state index in [0.717, 1.165) is 45.2 Å². The predicted molar refractivity (Wildman–Crippen MR) is 124 cm³/mol. The highest BCUT2D eigenvalue weighted by Crippen LogP contribution is 2.37. The molecule has 1 spiro atoms. The van der Waals surface area contributed by atoms with Crippen LogP contribution >= 0.6 is 24.8 Å². The van der Waals surface area contributed by atoms with E-state index in [4.69, 9.17) is 0 Å². The summed E-state index contributed by atoms with van der Waals surface area (Å²) in [5, 5.41) is 3.51. The first-order valence-corrected chi connectivity index (χ1v) is 10.9. The van der Waals surface area contributed by atoms with Crippen molar-refractivity contribution in [2.75, 3.05) is 39.3 Å². The fourth-order valence-corrected chi connectivity index (χ4v) is 5.34. The Balaban J connectivity index is 0.00000150. The molecule has 29 heavy (non-hydrogen) atoms. The van der Waals surface area contributed by atoms with Crippen LogP contribution in [0.1, 0.15) is 44.6 Å². The minimum atomic E-state index is 0. The Hall–Kier alpha value is -0.810. The summed E-state index contributed by atoms with van der Waals surface area (Å²) in [5.41, 5.74) is 1.93. The lowest BCUT2D eigenvalue weighted by molar-refractivity contribution is -0.139. The molecule has 1 aromatic carbocycles. The van der Waals surface area contributed by atoms with Crippen molar-refractivity contribution in [3.63, 3.8) is 0 Å². The molecule has 1 atom stereocenters. The van der Waals surface area contributed by atoms with Gasteiger partial charge in [0.15, 0.2) is 0 Å². The number of hydrogen-bond acceptors (Lipinski definition) is 3. The number of carbonyl (C=O) groups is 1. The topological polar surface area (TPSA) is 35.6 Å². The second kappa shape index (κ2) is 11.0. The first kappa shape index (κ1) is 24.5. The monoisotopic (exact) mass is 441 g/mol. The zero-order chi connectivity index (χ0) is 18.7. The Morgan fingerprint density at radius 2 is 1.72 bits per heavy atom. The van der Waals surface area contributed by atoms with Crippen LogP contribution in [0.5, 0.6) is 0 Å². The zero-order valence-corrected chi connectivity index (χ0v) is 19.3. The molecular formula is C23H37Cl2N3O. The number of likely N-dealkylation sites (tertiary alicyclic amines) is 2. The number of benzene rings is 1. The van der Waals surface area contributed by atoms with Gasteiger partial charge in [0.05, 0.1) is 6.04 Å². The average Bonchev–Trinajstić information content (AvgIpc) is 3.17. The van der Waals surface area contributed by atoms with Crippen molar-refractivity contribution in [2.24, 2.45) is 11.3 Å². The largest absolute Gasteiger partial charge is 0.341 e. The molecule has 1 N–H and O–H groups in total. The fourth-order valence-electron chi connectivity index (χ4n) is 5.34. The van der Waals surface area contributed by atoms with Crippen molar-refractivity contribution in [2.45, 2.75) is 51.5 Å². The Morgan fingerprint density at radius 3 is 2.31 bits per heavy atom. The number of nitrogens with one attached hydrogen (secondary N) is 1. The number of carbonyl (C=O) groups excluding carboxylic acids is 1. The van der Waals surface area contributed by atoms with E-state index in [9.17, 15) is 4.79 Å². The van der Waals surface area contributed by atoms with Crippen molar-refractivity contribution in [1.29, 1.82) is 0 Å². The molecule has 3 fully saturated rings. The molecule has 3 saturated heterocycles. The molecule has 0 bridgehead atoms. The van der Waals surface area contributed by atoms with Crippen molar-refractivity contribution in [1.82, 2.24) is 15.1 Å². The van der Waals surface area contributed by atoms with E-state index in [1.54, 1.807) is 0 Å². The second-order valence-electron chi connectivity index (χ2n) is 9.10.